The first-order chi connectivity index (χ1) is 11.6. The van der Waals surface area contributed by atoms with Gasteiger partial charge in [0.2, 0.25) is 0 Å². The summed E-state index contributed by atoms with van der Waals surface area (Å²) in [5, 5.41) is 5.14. The van der Waals surface area contributed by atoms with E-state index in [1.54, 1.807) is 23.9 Å². The summed E-state index contributed by atoms with van der Waals surface area (Å²) in [5.74, 6) is 1.40. The largest absolute Gasteiger partial charge is 0.488 e. The Morgan fingerprint density at radius 3 is 2.58 bits per heavy atom. The number of hydrogen-bond donors (Lipinski definition) is 1. The molecule has 2 aliphatic heterocycles. The molecule has 0 aliphatic carbocycles. The van der Waals surface area contributed by atoms with Gasteiger partial charge in [0.25, 0.3) is 0 Å². The highest BCUT2D eigenvalue weighted by Gasteiger charge is 2.38. The number of halogens is 3. The van der Waals surface area contributed by atoms with Crippen LogP contribution in [-0.2, 0) is 0 Å². The second-order valence-electron chi connectivity index (χ2n) is 6.10. The SMILES string of the molecule is CSc1cc(-c2c(Cl)cc(Cl)cc2Cl)cc2c1OC1CCNCC21. The van der Waals surface area contributed by atoms with Crippen LogP contribution < -0.4 is 10.1 Å². The number of benzene rings is 2. The van der Waals surface area contributed by atoms with E-state index in [4.69, 9.17) is 39.5 Å². The van der Waals surface area contributed by atoms with Crippen molar-refractivity contribution >= 4 is 46.6 Å². The van der Waals surface area contributed by atoms with E-state index in [9.17, 15) is 0 Å². The average Bonchev–Trinajstić information content (AvgIpc) is 2.92. The lowest BCUT2D eigenvalue weighted by atomic mass is 9.89. The maximum Gasteiger partial charge on any atom is 0.136 e. The molecular weight excluding hydrogens is 385 g/mol. The number of thioether (sulfide) groups is 1. The third kappa shape index (κ3) is 2.81. The monoisotopic (exact) mass is 399 g/mol. The van der Waals surface area contributed by atoms with Crippen LogP contribution in [0, 0.1) is 0 Å². The van der Waals surface area contributed by atoms with Crippen molar-refractivity contribution in [3.8, 4) is 16.9 Å². The number of ether oxygens (including phenoxy) is 1. The molecule has 2 aromatic rings. The molecule has 2 unspecified atom stereocenters. The van der Waals surface area contributed by atoms with Crippen LogP contribution in [0.25, 0.3) is 11.1 Å². The van der Waals surface area contributed by atoms with Crippen LogP contribution >= 0.6 is 46.6 Å². The zero-order valence-electron chi connectivity index (χ0n) is 13.0. The highest BCUT2D eigenvalue weighted by Crippen LogP contribution is 2.49. The van der Waals surface area contributed by atoms with Gasteiger partial charge in [-0.15, -0.1) is 11.8 Å². The molecule has 0 amide bonds. The summed E-state index contributed by atoms with van der Waals surface area (Å²) in [6.07, 6.45) is 3.36. The summed E-state index contributed by atoms with van der Waals surface area (Å²) in [6, 6.07) is 7.75. The minimum absolute atomic E-state index is 0.263. The van der Waals surface area contributed by atoms with Gasteiger partial charge in [0, 0.05) is 28.6 Å². The molecule has 0 aromatic heterocycles. The van der Waals surface area contributed by atoms with Crippen molar-refractivity contribution in [3.63, 3.8) is 0 Å². The van der Waals surface area contributed by atoms with Crippen molar-refractivity contribution in [2.24, 2.45) is 0 Å². The molecular formula is C18H16Cl3NOS. The molecule has 126 valence electrons. The second-order valence-corrected chi connectivity index (χ2v) is 8.20. The van der Waals surface area contributed by atoms with E-state index in [1.807, 2.05) is 0 Å². The Morgan fingerprint density at radius 2 is 1.88 bits per heavy atom. The van der Waals surface area contributed by atoms with Crippen LogP contribution in [0.5, 0.6) is 5.75 Å². The minimum Gasteiger partial charge on any atom is -0.488 e. The summed E-state index contributed by atoms with van der Waals surface area (Å²) in [5.41, 5.74) is 3.09. The predicted molar refractivity (Wildman–Crippen MR) is 103 cm³/mol. The van der Waals surface area contributed by atoms with E-state index in [0.717, 1.165) is 41.3 Å². The zero-order chi connectivity index (χ0) is 16.8. The smallest absolute Gasteiger partial charge is 0.136 e. The first-order valence-electron chi connectivity index (χ1n) is 7.82. The molecule has 2 aliphatic rings. The van der Waals surface area contributed by atoms with Crippen molar-refractivity contribution in [2.75, 3.05) is 19.3 Å². The molecule has 2 atom stereocenters. The Bertz CT molecular complexity index is 788. The zero-order valence-corrected chi connectivity index (χ0v) is 16.1. The van der Waals surface area contributed by atoms with Crippen molar-refractivity contribution in [3.05, 3.63) is 44.9 Å². The van der Waals surface area contributed by atoms with E-state index < -0.39 is 0 Å². The van der Waals surface area contributed by atoms with Crippen molar-refractivity contribution in [2.45, 2.75) is 23.3 Å². The number of hydrogen-bond acceptors (Lipinski definition) is 3. The van der Waals surface area contributed by atoms with Crippen molar-refractivity contribution < 1.29 is 4.74 Å². The molecule has 0 radical (unpaired) electrons. The molecule has 0 bridgehead atoms. The molecule has 24 heavy (non-hydrogen) atoms. The van der Waals surface area contributed by atoms with E-state index in [0.29, 0.717) is 21.0 Å². The van der Waals surface area contributed by atoms with Crippen LogP contribution in [0.1, 0.15) is 17.9 Å². The average molecular weight is 401 g/mol. The fraction of sp³-hybridized carbons (Fsp3) is 0.333. The van der Waals surface area contributed by atoms with Gasteiger partial charge in [-0.25, -0.2) is 0 Å². The normalized spacial score (nSPS) is 22.0. The topological polar surface area (TPSA) is 21.3 Å². The Balaban J connectivity index is 1.88. The lowest BCUT2D eigenvalue weighted by molar-refractivity contribution is 0.169. The first kappa shape index (κ1) is 16.9. The molecule has 1 fully saturated rings. The van der Waals surface area contributed by atoms with Crippen molar-refractivity contribution in [1.29, 1.82) is 0 Å². The van der Waals surface area contributed by atoms with E-state index in [-0.39, 0.29) is 6.10 Å². The Hall–Kier alpha value is -0.580. The third-order valence-electron chi connectivity index (χ3n) is 4.69. The predicted octanol–water partition coefficient (Wildman–Crippen LogP) is 5.87. The lowest BCUT2D eigenvalue weighted by Gasteiger charge is -2.25. The standard InChI is InChI=1S/C18H16Cl3NOS/c1-24-16-5-9(17-13(20)6-10(19)7-14(17)21)4-11-12-8-22-3-2-15(12)23-18(11)16/h4-7,12,15,22H,2-3,8H2,1H3. The highest BCUT2D eigenvalue weighted by molar-refractivity contribution is 7.98. The van der Waals surface area contributed by atoms with Crippen LogP contribution in [0.3, 0.4) is 0 Å². The molecule has 0 spiro atoms. The molecule has 6 heteroatoms. The maximum atomic E-state index is 6.43. The Kier molecular flexibility index (Phi) is 4.65. The molecule has 0 saturated carbocycles. The van der Waals surface area contributed by atoms with E-state index in [1.165, 1.54) is 5.56 Å². The molecule has 1 saturated heterocycles. The van der Waals surface area contributed by atoms with Gasteiger partial charge in [0.05, 0.1) is 14.9 Å². The molecule has 1 N–H and O–H groups in total. The quantitative estimate of drug-likeness (QED) is 0.637. The summed E-state index contributed by atoms with van der Waals surface area (Å²) in [6.45, 7) is 1.95. The van der Waals surface area contributed by atoms with Gasteiger partial charge in [-0.1, -0.05) is 34.8 Å². The van der Waals surface area contributed by atoms with Gasteiger partial charge in [0.15, 0.2) is 0 Å². The fourth-order valence-corrected chi connectivity index (χ4v) is 5.21. The molecule has 2 nitrogen and oxygen atoms in total. The van der Waals surface area contributed by atoms with Gasteiger partial charge >= 0.3 is 0 Å². The Morgan fingerprint density at radius 1 is 1.12 bits per heavy atom. The van der Waals surface area contributed by atoms with Gasteiger partial charge in [-0.3, -0.25) is 0 Å². The number of piperidine rings is 1. The summed E-state index contributed by atoms with van der Waals surface area (Å²) < 4.78 is 6.26. The number of rotatable bonds is 2. The minimum atomic E-state index is 0.263. The fourth-order valence-electron chi connectivity index (χ4n) is 3.58. The van der Waals surface area contributed by atoms with Crippen LogP contribution in [0.4, 0.5) is 0 Å². The molecule has 2 aromatic carbocycles. The first-order valence-corrected chi connectivity index (χ1v) is 10.2. The second kappa shape index (κ2) is 6.62. The number of nitrogens with one attached hydrogen (secondary N) is 1. The molecule has 2 heterocycles. The van der Waals surface area contributed by atoms with E-state index >= 15 is 0 Å². The van der Waals surface area contributed by atoms with E-state index in [2.05, 4.69) is 23.7 Å². The summed E-state index contributed by atoms with van der Waals surface area (Å²) >= 11 is 20.6. The van der Waals surface area contributed by atoms with Gasteiger partial charge in [0.1, 0.15) is 11.9 Å². The summed E-state index contributed by atoms with van der Waals surface area (Å²) in [4.78, 5) is 1.12. The van der Waals surface area contributed by atoms with Crippen LogP contribution in [-0.4, -0.2) is 25.4 Å². The van der Waals surface area contributed by atoms with Crippen LogP contribution in [0.15, 0.2) is 29.2 Å². The highest BCUT2D eigenvalue weighted by atomic mass is 35.5. The lowest BCUT2D eigenvalue weighted by Crippen LogP contribution is -2.37. The van der Waals surface area contributed by atoms with Gasteiger partial charge in [-0.2, -0.15) is 0 Å². The maximum absolute atomic E-state index is 6.43. The van der Waals surface area contributed by atoms with Gasteiger partial charge in [-0.05, 0) is 49.1 Å². The molecule has 4 rings (SSSR count). The third-order valence-corrected chi connectivity index (χ3v) is 6.24. The van der Waals surface area contributed by atoms with Gasteiger partial charge < -0.3 is 10.1 Å². The van der Waals surface area contributed by atoms with Crippen molar-refractivity contribution in [1.82, 2.24) is 5.32 Å². The Labute approximate surface area is 160 Å². The number of fused-ring (bicyclic) bond motifs is 3. The van der Waals surface area contributed by atoms with Crippen LogP contribution in [0.2, 0.25) is 15.1 Å². The summed E-state index contributed by atoms with van der Waals surface area (Å²) in [7, 11) is 0.